The second-order valence-electron chi connectivity index (χ2n) is 10.5. The molecule has 5 aromatic rings. The number of benzene rings is 3. The second kappa shape index (κ2) is 12.0. The number of amides is 1. The smallest absolute Gasteiger partial charge is 0.335 e. The fourth-order valence-corrected chi connectivity index (χ4v) is 5.05. The van der Waals surface area contributed by atoms with Gasteiger partial charge in [-0.3, -0.25) is 4.79 Å². The van der Waals surface area contributed by atoms with Crippen LogP contribution in [-0.2, 0) is 24.3 Å². The minimum atomic E-state index is -1.12. The number of imidazole rings is 1. The number of carbonyl (C=O) groups excluding carboxylic acids is 1. The Morgan fingerprint density at radius 3 is 2.42 bits per heavy atom. The Balaban J connectivity index is 1.25. The number of rotatable bonds is 10. The minimum absolute atomic E-state index is 0.0186. The van der Waals surface area contributed by atoms with Crippen molar-refractivity contribution >= 4 is 22.9 Å². The Kier molecular flexibility index (Phi) is 7.94. The standard InChI is InChI=1S/C32H24F4N4O5/c33-22-12-20(26-2-1-3-30(39-26)45-15-18-9-25(36)21(31(37)41)13-23(18)34)24(35)8-17(22)11-29-38-27-5-4-16(32(42)43)10-28(27)40(29)14-19-6-7-44-19/h1-5,8-10,12-13,19H,6-7,11,14-15H2,(H2,37,41)(H,42,43)/t19-/m0/s1. The van der Waals surface area contributed by atoms with Crippen LogP contribution >= 0.6 is 0 Å². The van der Waals surface area contributed by atoms with Gasteiger partial charge in [-0.2, -0.15) is 0 Å². The lowest BCUT2D eigenvalue weighted by Crippen LogP contribution is -2.31. The molecular weight excluding hydrogens is 596 g/mol. The molecule has 1 fully saturated rings. The van der Waals surface area contributed by atoms with Crippen LogP contribution in [0.25, 0.3) is 22.3 Å². The highest BCUT2D eigenvalue weighted by Gasteiger charge is 2.24. The number of carboxylic acid groups (broad SMARTS) is 1. The van der Waals surface area contributed by atoms with Crippen LogP contribution in [0.2, 0.25) is 0 Å². The van der Waals surface area contributed by atoms with Crippen molar-refractivity contribution in [2.45, 2.75) is 32.1 Å². The quantitative estimate of drug-likeness (QED) is 0.200. The predicted molar refractivity (Wildman–Crippen MR) is 153 cm³/mol. The molecule has 0 unspecified atom stereocenters. The molecule has 1 saturated heterocycles. The van der Waals surface area contributed by atoms with Gasteiger partial charge in [0.05, 0.1) is 40.5 Å². The van der Waals surface area contributed by atoms with E-state index >= 15 is 8.78 Å². The number of carbonyl (C=O) groups is 2. The molecule has 13 heteroatoms. The van der Waals surface area contributed by atoms with Crippen molar-refractivity contribution in [2.75, 3.05) is 6.61 Å². The summed E-state index contributed by atoms with van der Waals surface area (Å²) in [6.45, 7) is 0.516. The highest BCUT2D eigenvalue weighted by Crippen LogP contribution is 2.29. The first-order valence-electron chi connectivity index (χ1n) is 13.8. The third-order valence-corrected chi connectivity index (χ3v) is 7.52. The second-order valence-corrected chi connectivity index (χ2v) is 10.5. The number of aromatic nitrogens is 3. The zero-order valence-corrected chi connectivity index (χ0v) is 23.4. The molecule has 0 spiro atoms. The van der Waals surface area contributed by atoms with Crippen LogP contribution in [0, 0.1) is 23.3 Å². The Labute approximate surface area is 252 Å². The van der Waals surface area contributed by atoms with Crippen LogP contribution in [0.3, 0.4) is 0 Å². The maximum atomic E-state index is 15.5. The lowest BCUT2D eigenvalue weighted by Gasteiger charge is -2.27. The molecule has 1 aliphatic rings. The molecule has 0 aliphatic carbocycles. The van der Waals surface area contributed by atoms with Gasteiger partial charge >= 0.3 is 5.97 Å². The van der Waals surface area contributed by atoms with E-state index in [1.54, 1.807) is 10.6 Å². The van der Waals surface area contributed by atoms with Gasteiger partial charge < -0.3 is 24.9 Å². The molecule has 230 valence electrons. The summed E-state index contributed by atoms with van der Waals surface area (Å²) in [7, 11) is 0. The van der Waals surface area contributed by atoms with Crippen molar-refractivity contribution in [1.29, 1.82) is 0 Å². The van der Waals surface area contributed by atoms with Gasteiger partial charge in [-0.05, 0) is 60.5 Å². The first-order valence-corrected chi connectivity index (χ1v) is 13.8. The van der Waals surface area contributed by atoms with Crippen molar-refractivity contribution < 1.29 is 41.7 Å². The number of primary amides is 1. The predicted octanol–water partition coefficient (Wildman–Crippen LogP) is 5.41. The van der Waals surface area contributed by atoms with E-state index in [1.807, 2.05) is 0 Å². The highest BCUT2D eigenvalue weighted by atomic mass is 19.1. The fraction of sp³-hybridized carbons (Fsp3) is 0.188. The zero-order valence-electron chi connectivity index (χ0n) is 23.4. The van der Waals surface area contributed by atoms with Crippen LogP contribution < -0.4 is 10.5 Å². The Morgan fingerprint density at radius 1 is 0.956 bits per heavy atom. The molecule has 3 N–H and O–H groups in total. The molecule has 9 nitrogen and oxygen atoms in total. The number of halogens is 4. The number of nitrogens with zero attached hydrogens (tertiary/aromatic N) is 3. The van der Waals surface area contributed by atoms with Gasteiger partial charge in [0, 0.05) is 30.2 Å². The molecule has 1 atom stereocenters. The van der Waals surface area contributed by atoms with Gasteiger partial charge in [-0.1, -0.05) is 6.07 Å². The summed E-state index contributed by atoms with van der Waals surface area (Å²) in [5.41, 5.74) is 5.24. The van der Waals surface area contributed by atoms with E-state index in [1.165, 1.54) is 30.3 Å². The molecule has 0 radical (unpaired) electrons. The number of ether oxygens (including phenoxy) is 2. The Morgan fingerprint density at radius 2 is 1.71 bits per heavy atom. The summed E-state index contributed by atoms with van der Waals surface area (Å²) in [6, 6.07) is 12.3. The largest absolute Gasteiger partial charge is 0.478 e. The van der Waals surface area contributed by atoms with E-state index in [0.717, 1.165) is 24.6 Å². The summed E-state index contributed by atoms with van der Waals surface area (Å²) < 4.78 is 72.1. The SMILES string of the molecule is NC(=O)c1cc(F)c(COc2cccc(-c3cc(F)c(Cc4nc5ccc(C(=O)O)cc5n4C[C@@H]4CCO4)cc3F)n2)cc1F. The molecule has 3 aromatic carbocycles. The first kappa shape index (κ1) is 29.8. The summed E-state index contributed by atoms with van der Waals surface area (Å²) in [6.07, 6.45) is 0.614. The average molecular weight is 621 g/mol. The number of fused-ring (bicyclic) bond motifs is 1. The number of nitrogens with two attached hydrogens (primary N) is 1. The monoisotopic (exact) mass is 620 g/mol. The number of pyridine rings is 1. The summed E-state index contributed by atoms with van der Waals surface area (Å²) in [5.74, 6) is -5.30. The van der Waals surface area contributed by atoms with Gasteiger partial charge in [-0.15, -0.1) is 0 Å². The summed E-state index contributed by atoms with van der Waals surface area (Å²) >= 11 is 0. The lowest BCUT2D eigenvalue weighted by molar-refractivity contribution is -0.0589. The van der Waals surface area contributed by atoms with Gasteiger partial charge in [0.1, 0.15) is 35.7 Å². The highest BCUT2D eigenvalue weighted by molar-refractivity contribution is 5.93. The summed E-state index contributed by atoms with van der Waals surface area (Å²) in [4.78, 5) is 31.5. The zero-order chi connectivity index (χ0) is 31.8. The van der Waals surface area contributed by atoms with Crippen LogP contribution in [0.4, 0.5) is 17.6 Å². The topological polar surface area (TPSA) is 130 Å². The van der Waals surface area contributed by atoms with Crippen LogP contribution in [0.15, 0.2) is 60.7 Å². The maximum Gasteiger partial charge on any atom is 0.335 e. The van der Waals surface area contributed by atoms with Crippen molar-refractivity contribution in [3.8, 4) is 17.1 Å². The minimum Gasteiger partial charge on any atom is -0.478 e. The third kappa shape index (κ3) is 6.07. The molecular formula is C32H24F4N4O5. The van der Waals surface area contributed by atoms with Crippen molar-refractivity contribution in [2.24, 2.45) is 5.73 Å². The molecule has 0 saturated carbocycles. The van der Waals surface area contributed by atoms with E-state index in [4.69, 9.17) is 15.2 Å². The number of aromatic carboxylic acids is 1. The van der Waals surface area contributed by atoms with E-state index in [-0.39, 0.29) is 46.4 Å². The normalized spacial score (nSPS) is 14.4. The maximum absolute atomic E-state index is 15.5. The van der Waals surface area contributed by atoms with Crippen LogP contribution in [0.1, 0.15) is 44.1 Å². The van der Waals surface area contributed by atoms with Crippen LogP contribution in [0.5, 0.6) is 5.88 Å². The molecule has 1 aliphatic heterocycles. The van der Waals surface area contributed by atoms with Gasteiger partial charge in [0.15, 0.2) is 0 Å². The van der Waals surface area contributed by atoms with Gasteiger partial charge in [0.25, 0.3) is 5.91 Å². The van der Waals surface area contributed by atoms with Crippen LogP contribution in [-0.4, -0.2) is 44.2 Å². The van der Waals surface area contributed by atoms with Crippen molar-refractivity contribution in [3.05, 3.63) is 112 Å². The molecule has 6 rings (SSSR count). The Bertz CT molecular complexity index is 1980. The average Bonchev–Trinajstić information content (AvgIpc) is 3.32. The van der Waals surface area contributed by atoms with Crippen molar-refractivity contribution in [1.82, 2.24) is 14.5 Å². The summed E-state index contributed by atoms with van der Waals surface area (Å²) in [5, 5.41) is 9.45. The van der Waals surface area contributed by atoms with E-state index in [2.05, 4.69) is 9.97 Å². The lowest BCUT2D eigenvalue weighted by atomic mass is 10.0. The third-order valence-electron chi connectivity index (χ3n) is 7.52. The van der Waals surface area contributed by atoms with Gasteiger partial charge in [-0.25, -0.2) is 32.3 Å². The molecule has 0 bridgehead atoms. The number of hydrogen-bond acceptors (Lipinski definition) is 6. The van der Waals surface area contributed by atoms with Crippen molar-refractivity contribution in [3.63, 3.8) is 0 Å². The Hall–Kier alpha value is -5.30. The molecule has 2 aromatic heterocycles. The van der Waals surface area contributed by atoms with E-state index in [0.29, 0.717) is 36.1 Å². The van der Waals surface area contributed by atoms with Gasteiger partial charge in [0.2, 0.25) is 5.88 Å². The molecule has 45 heavy (non-hydrogen) atoms. The van der Waals surface area contributed by atoms with E-state index in [9.17, 15) is 23.5 Å². The van der Waals surface area contributed by atoms with E-state index < -0.39 is 47.3 Å². The number of hydrogen-bond donors (Lipinski definition) is 2. The number of carboxylic acids is 1. The molecule has 1 amide bonds. The molecule has 3 heterocycles. The fourth-order valence-electron chi connectivity index (χ4n) is 5.05. The first-order chi connectivity index (χ1) is 21.6.